The Labute approximate surface area is 184 Å². The van der Waals surface area contributed by atoms with Crippen LogP contribution in [0.2, 0.25) is 0 Å². The van der Waals surface area contributed by atoms with Crippen LogP contribution in [0.1, 0.15) is 48.6 Å². The molecular formula is C27H30N2O2. The Bertz CT molecular complexity index is 1050. The summed E-state index contributed by atoms with van der Waals surface area (Å²) in [6.45, 7) is 8.50. The van der Waals surface area contributed by atoms with Gasteiger partial charge in [-0.05, 0) is 67.6 Å². The highest BCUT2D eigenvalue weighted by molar-refractivity contribution is 5.93. The molecule has 0 bridgehead atoms. The third-order valence-corrected chi connectivity index (χ3v) is 5.96. The molecule has 4 nitrogen and oxygen atoms in total. The van der Waals surface area contributed by atoms with Crippen molar-refractivity contribution >= 4 is 17.3 Å². The first kappa shape index (κ1) is 21.0. The summed E-state index contributed by atoms with van der Waals surface area (Å²) in [6.07, 6.45) is 0.862. The van der Waals surface area contributed by atoms with Gasteiger partial charge in [0, 0.05) is 24.3 Å². The molecule has 1 amide bonds. The minimum absolute atomic E-state index is 0.0880. The van der Waals surface area contributed by atoms with Crippen molar-refractivity contribution in [3.05, 3.63) is 89.0 Å². The number of carbonyl (C=O) groups excluding carboxylic acids is 1. The average Bonchev–Trinajstić information content (AvgIpc) is 2.73. The number of hydrogen-bond acceptors (Lipinski definition) is 3. The minimum atomic E-state index is 0.0880. The number of amides is 1. The highest BCUT2D eigenvalue weighted by atomic mass is 16.5. The van der Waals surface area contributed by atoms with Crippen LogP contribution in [0.25, 0.3) is 0 Å². The summed E-state index contributed by atoms with van der Waals surface area (Å²) >= 11 is 0. The summed E-state index contributed by atoms with van der Waals surface area (Å²) < 4.78 is 6.14. The number of ether oxygens (including phenoxy) is 1. The van der Waals surface area contributed by atoms with Crippen LogP contribution in [0.4, 0.5) is 11.4 Å². The normalized spacial score (nSPS) is 17.7. The predicted molar refractivity (Wildman–Crippen MR) is 127 cm³/mol. The quantitative estimate of drug-likeness (QED) is 0.542. The zero-order valence-corrected chi connectivity index (χ0v) is 18.7. The molecule has 0 fully saturated rings. The summed E-state index contributed by atoms with van der Waals surface area (Å²) in [5.41, 5.74) is 6.62. The van der Waals surface area contributed by atoms with E-state index < -0.39 is 0 Å². The van der Waals surface area contributed by atoms with E-state index >= 15 is 0 Å². The number of fused-ring (bicyclic) bond motifs is 1. The van der Waals surface area contributed by atoms with Gasteiger partial charge in [-0.1, -0.05) is 48.5 Å². The van der Waals surface area contributed by atoms with Gasteiger partial charge in [0.05, 0.1) is 6.04 Å². The number of rotatable bonds is 5. The second-order valence-electron chi connectivity index (χ2n) is 8.44. The fourth-order valence-corrected chi connectivity index (χ4v) is 4.62. The fourth-order valence-electron chi connectivity index (χ4n) is 4.62. The van der Waals surface area contributed by atoms with Crippen molar-refractivity contribution in [1.29, 1.82) is 0 Å². The van der Waals surface area contributed by atoms with Gasteiger partial charge in [-0.2, -0.15) is 0 Å². The van der Waals surface area contributed by atoms with Crippen LogP contribution >= 0.6 is 0 Å². The monoisotopic (exact) mass is 414 g/mol. The van der Waals surface area contributed by atoms with Crippen LogP contribution in [0, 0.1) is 13.8 Å². The maximum Gasteiger partial charge on any atom is 0.224 e. The molecule has 0 radical (unpaired) electrons. The Balaban J connectivity index is 1.55. The second-order valence-corrected chi connectivity index (χ2v) is 8.44. The first-order chi connectivity index (χ1) is 14.9. The summed E-state index contributed by atoms with van der Waals surface area (Å²) in [5, 5.41) is 3.72. The summed E-state index contributed by atoms with van der Waals surface area (Å²) in [6, 6.07) is 23.0. The van der Waals surface area contributed by atoms with Crippen LogP contribution in [0.3, 0.4) is 0 Å². The van der Waals surface area contributed by atoms with Crippen LogP contribution in [-0.4, -0.2) is 11.9 Å². The maximum atomic E-state index is 12.2. The second kappa shape index (κ2) is 8.84. The zero-order valence-electron chi connectivity index (χ0n) is 18.7. The average molecular weight is 415 g/mol. The number of nitrogens with one attached hydrogen (secondary N) is 1. The van der Waals surface area contributed by atoms with E-state index in [0.29, 0.717) is 6.61 Å². The molecule has 0 spiro atoms. The SMILES string of the molecule is CC(=O)N1c2ccccc2[C@@H](Nc2cc(C)c(OCc3ccccc3)c(C)c2)C[C@H]1C. The lowest BCUT2D eigenvalue weighted by atomic mass is 9.91. The molecule has 1 heterocycles. The number of nitrogens with zero attached hydrogens (tertiary/aromatic N) is 1. The molecule has 1 aliphatic heterocycles. The van der Waals surface area contributed by atoms with Crippen LogP contribution in [0.15, 0.2) is 66.7 Å². The Morgan fingerprint density at radius 2 is 1.68 bits per heavy atom. The highest BCUT2D eigenvalue weighted by Gasteiger charge is 2.32. The Kier molecular flexibility index (Phi) is 5.99. The third-order valence-electron chi connectivity index (χ3n) is 5.96. The van der Waals surface area contributed by atoms with E-state index in [0.717, 1.165) is 45.8 Å². The summed E-state index contributed by atoms with van der Waals surface area (Å²) in [5.74, 6) is 1.03. The smallest absolute Gasteiger partial charge is 0.224 e. The molecule has 3 aromatic rings. The van der Waals surface area contributed by atoms with Gasteiger partial charge in [-0.3, -0.25) is 4.79 Å². The van der Waals surface area contributed by atoms with E-state index in [1.807, 2.05) is 41.3 Å². The van der Waals surface area contributed by atoms with Gasteiger partial charge in [0.25, 0.3) is 0 Å². The molecule has 3 aromatic carbocycles. The molecular weight excluding hydrogens is 384 g/mol. The number of aryl methyl sites for hydroxylation is 2. The van der Waals surface area contributed by atoms with Gasteiger partial charge in [-0.25, -0.2) is 0 Å². The van der Waals surface area contributed by atoms with Gasteiger partial charge < -0.3 is 15.0 Å². The number of anilines is 2. The largest absolute Gasteiger partial charge is 0.488 e. The lowest BCUT2D eigenvalue weighted by Crippen LogP contribution is -2.43. The van der Waals surface area contributed by atoms with Crippen LogP contribution < -0.4 is 15.0 Å². The third kappa shape index (κ3) is 4.43. The molecule has 1 aliphatic rings. The molecule has 0 unspecified atom stereocenters. The van der Waals surface area contributed by atoms with Crippen molar-refractivity contribution in [2.24, 2.45) is 0 Å². The van der Waals surface area contributed by atoms with E-state index in [2.05, 4.69) is 56.4 Å². The van der Waals surface area contributed by atoms with Gasteiger partial charge in [-0.15, -0.1) is 0 Å². The van der Waals surface area contributed by atoms with Crippen molar-refractivity contribution in [2.45, 2.75) is 52.8 Å². The van der Waals surface area contributed by atoms with Crippen molar-refractivity contribution < 1.29 is 9.53 Å². The van der Waals surface area contributed by atoms with Crippen molar-refractivity contribution in [2.75, 3.05) is 10.2 Å². The van der Waals surface area contributed by atoms with Gasteiger partial charge in [0.2, 0.25) is 5.91 Å². The highest BCUT2D eigenvalue weighted by Crippen LogP contribution is 2.39. The molecule has 1 N–H and O–H groups in total. The summed E-state index contributed by atoms with van der Waals surface area (Å²) in [7, 11) is 0. The minimum Gasteiger partial charge on any atom is -0.488 e. The summed E-state index contributed by atoms with van der Waals surface area (Å²) in [4.78, 5) is 14.1. The fraction of sp³-hybridized carbons (Fsp3) is 0.296. The Morgan fingerprint density at radius 1 is 1.03 bits per heavy atom. The van der Waals surface area contributed by atoms with Crippen LogP contribution in [-0.2, 0) is 11.4 Å². The molecule has 4 heteroatoms. The zero-order chi connectivity index (χ0) is 22.0. The van der Waals surface area contributed by atoms with Crippen molar-refractivity contribution in [3.63, 3.8) is 0 Å². The van der Waals surface area contributed by atoms with E-state index in [4.69, 9.17) is 4.74 Å². The molecule has 0 saturated heterocycles. The molecule has 0 aromatic heterocycles. The van der Waals surface area contributed by atoms with E-state index in [-0.39, 0.29) is 18.0 Å². The maximum absolute atomic E-state index is 12.2. The van der Waals surface area contributed by atoms with Gasteiger partial charge >= 0.3 is 0 Å². The first-order valence-corrected chi connectivity index (χ1v) is 10.9. The molecule has 0 aliphatic carbocycles. The number of benzene rings is 3. The van der Waals surface area contributed by atoms with Crippen LogP contribution in [0.5, 0.6) is 5.75 Å². The Morgan fingerprint density at radius 3 is 2.35 bits per heavy atom. The lowest BCUT2D eigenvalue weighted by Gasteiger charge is -2.39. The number of hydrogen-bond donors (Lipinski definition) is 1. The van der Waals surface area contributed by atoms with E-state index in [9.17, 15) is 4.79 Å². The molecule has 4 rings (SSSR count). The molecule has 0 saturated carbocycles. The molecule has 31 heavy (non-hydrogen) atoms. The Hall–Kier alpha value is -3.27. The molecule has 160 valence electrons. The standard InChI is InChI=1S/C27H30N2O2/c1-18-14-23(15-19(2)27(18)31-17-22-10-6-5-7-11-22)28-25-16-20(3)29(21(4)30)26-13-9-8-12-24(25)26/h5-15,20,25,28H,16-17H2,1-4H3/t20-,25+/m1/s1. The van der Waals surface area contributed by atoms with Crippen molar-refractivity contribution in [1.82, 2.24) is 0 Å². The van der Waals surface area contributed by atoms with E-state index in [1.165, 1.54) is 0 Å². The predicted octanol–water partition coefficient (Wildman–Crippen LogP) is 6.18. The lowest BCUT2D eigenvalue weighted by molar-refractivity contribution is -0.117. The molecule has 2 atom stereocenters. The van der Waals surface area contributed by atoms with E-state index in [1.54, 1.807) is 6.92 Å². The first-order valence-electron chi connectivity index (χ1n) is 10.9. The number of para-hydroxylation sites is 1. The number of carbonyl (C=O) groups is 1. The van der Waals surface area contributed by atoms with Crippen molar-refractivity contribution in [3.8, 4) is 5.75 Å². The topological polar surface area (TPSA) is 41.6 Å². The van der Waals surface area contributed by atoms with Gasteiger partial charge in [0.15, 0.2) is 0 Å². The van der Waals surface area contributed by atoms with Gasteiger partial charge in [0.1, 0.15) is 12.4 Å².